The van der Waals surface area contributed by atoms with Gasteiger partial charge in [-0.25, -0.2) is 0 Å². The minimum absolute atomic E-state index is 0.518. The molecule has 4 heteroatoms. The van der Waals surface area contributed by atoms with Crippen molar-refractivity contribution < 1.29 is 9.47 Å². The summed E-state index contributed by atoms with van der Waals surface area (Å²) in [5, 5.41) is 0. The summed E-state index contributed by atoms with van der Waals surface area (Å²) in [6.07, 6.45) is 0.832. The summed E-state index contributed by atoms with van der Waals surface area (Å²) in [7, 11) is 0. The molecular weight excluding hydrogens is 226 g/mol. The van der Waals surface area contributed by atoms with Gasteiger partial charge in [0, 0.05) is 5.88 Å². The Morgan fingerprint density at radius 3 is 2.69 bits per heavy atom. The Kier molecular flexibility index (Phi) is 6.97. The van der Waals surface area contributed by atoms with Crippen molar-refractivity contribution in [1.82, 2.24) is 0 Å². The molecule has 0 unspecified atom stereocenters. The van der Waals surface area contributed by atoms with E-state index in [-0.39, 0.29) is 0 Å². The lowest BCUT2D eigenvalue weighted by Crippen LogP contribution is -2.10. The zero-order valence-corrected chi connectivity index (χ0v) is 10.1. The van der Waals surface area contributed by atoms with E-state index in [4.69, 9.17) is 26.8 Å². The lowest BCUT2D eigenvalue weighted by molar-refractivity contribution is 0.111. The maximum absolute atomic E-state index is 5.61. The minimum Gasteiger partial charge on any atom is -0.491 e. The van der Waals surface area contributed by atoms with E-state index in [1.807, 2.05) is 24.3 Å². The topological polar surface area (TPSA) is 44.5 Å². The van der Waals surface area contributed by atoms with Crippen LogP contribution >= 0.6 is 11.6 Å². The first-order valence-electron chi connectivity index (χ1n) is 5.43. The van der Waals surface area contributed by atoms with Crippen molar-refractivity contribution in [2.24, 2.45) is 5.73 Å². The number of nitrogens with two attached hydrogens (primary N) is 1. The summed E-state index contributed by atoms with van der Waals surface area (Å²) < 4.78 is 10.8. The third-order valence-corrected chi connectivity index (χ3v) is 2.25. The molecule has 0 aromatic heterocycles. The van der Waals surface area contributed by atoms with Gasteiger partial charge in [-0.3, -0.25) is 0 Å². The molecule has 1 rings (SSSR count). The molecule has 0 spiro atoms. The molecule has 2 N–H and O–H groups in total. The largest absolute Gasteiger partial charge is 0.491 e. The molecule has 0 saturated carbocycles. The number of rotatable bonds is 8. The van der Waals surface area contributed by atoms with Crippen molar-refractivity contribution in [2.75, 3.05) is 32.2 Å². The monoisotopic (exact) mass is 243 g/mol. The molecule has 1 aromatic rings. The van der Waals surface area contributed by atoms with Gasteiger partial charge in [-0.1, -0.05) is 18.2 Å². The molecule has 0 aliphatic heterocycles. The number of alkyl halides is 1. The first kappa shape index (κ1) is 13.3. The highest BCUT2D eigenvalue weighted by molar-refractivity contribution is 6.17. The lowest BCUT2D eigenvalue weighted by Gasteiger charge is -2.10. The fourth-order valence-electron chi connectivity index (χ4n) is 1.37. The van der Waals surface area contributed by atoms with E-state index < -0.39 is 0 Å². The van der Waals surface area contributed by atoms with E-state index in [9.17, 15) is 0 Å². The molecule has 3 nitrogen and oxygen atoms in total. The second kappa shape index (κ2) is 8.39. The first-order chi connectivity index (χ1) is 7.88. The zero-order chi connectivity index (χ0) is 11.6. The molecule has 0 radical (unpaired) electrons. The van der Waals surface area contributed by atoms with Gasteiger partial charge in [-0.2, -0.15) is 0 Å². The Morgan fingerprint density at radius 1 is 1.12 bits per heavy atom. The molecule has 16 heavy (non-hydrogen) atoms. The average molecular weight is 244 g/mol. The molecule has 0 fully saturated rings. The van der Waals surface area contributed by atoms with Crippen molar-refractivity contribution in [1.29, 1.82) is 0 Å². The second-order valence-corrected chi connectivity index (χ2v) is 3.67. The van der Waals surface area contributed by atoms with Crippen LogP contribution in [0.5, 0.6) is 5.75 Å². The highest BCUT2D eigenvalue weighted by atomic mass is 35.5. The average Bonchev–Trinajstić information content (AvgIpc) is 2.31. The van der Waals surface area contributed by atoms with Gasteiger partial charge in [-0.05, 0) is 24.6 Å². The standard InChI is InChI=1S/C12H18ClNO2/c13-6-8-15-9-10-16-12-4-2-1-3-11(12)5-7-14/h1-4H,5-10,14H2. The number of para-hydroxylation sites is 1. The highest BCUT2D eigenvalue weighted by Gasteiger charge is 2.01. The van der Waals surface area contributed by atoms with Crippen molar-refractivity contribution >= 4 is 11.6 Å². The van der Waals surface area contributed by atoms with Crippen LogP contribution in [0, 0.1) is 0 Å². The number of hydrogen-bond donors (Lipinski definition) is 1. The molecular formula is C12H18ClNO2. The fourth-order valence-corrected chi connectivity index (χ4v) is 1.48. The summed E-state index contributed by atoms with van der Waals surface area (Å²) in [5.74, 6) is 1.41. The Morgan fingerprint density at radius 2 is 1.94 bits per heavy atom. The van der Waals surface area contributed by atoms with Crippen LogP contribution in [0.3, 0.4) is 0 Å². The highest BCUT2D eigenvalue weighted by Crippen LogP contribution is 2.17. The van der Waals surface area contributed by atoms with E-state index in [0.717, 1.165) is 17.7 Å². The number of benzene rings is 1. The van der Waals surface area contributed by atoms with Crippen LogP contribution in [0.15, 0.2) is 24.3 Å². The molecule has 0 heterocycles. The summed E-state index contributed by atoms with van der Waals surface area (Å²) in [5.41, 5.74) is 6.67. The number of ether oxygens (including phenoxy) is 2. The van der Waals surface area contributed by atoms with Gasteiger partial charge >= 0.3 is 0 Å². The summed E-state index contributed by atoms with van der Waals surface area (Å²) >= 11 is 5.48. The Labute approximate surface area is 101 Å². The minimum atomic E-state index is 0.518. The third kappa shape index (κ3) is 4.84. The molecule has 0 saturated heterocycles. The Balaban J connectivity index is 2.34. The van der Waals surface area contributed by atoms with Crippen LogP contribution < -0.4 is 10.5 Å². The maximum atomic E-state index is 5.61. The first-order valence-corrected chi connectivity index (χ1v) is 5.96. The second-order valence-electron chi connectivity index (χ2n) is 3.30. The third-order valence-electron chi connectivity index (χ3n) is 2.09. The Bertz CT molecular complexity index is 294. The van der Waals surface area contributed by atoms with E-state index in [1.54, 1.807) is 0 Å². The van der Waals surface area contributed by atoms with Crippen molar-refractivity contribution in [2.45, 2.75) is 6.42 Å². The fraction of sp³-hybridized carbons (Fsp3) is 0.500. The Hall–Kier alpha value is -0.770. The van der Waals surface area contributed by atoms with Crippen LogP contribution in [-0.4, -0.2) is 32.2 Å². The van der Waals surface area contributed by atoms with Crippen LogP contribution in [0.4, 0.5) is 0 Å². The lowest BCUT2D eigenvalue weighted by atomic mass is 10.1. The van der Waals surface area contributed by atoms with E-state index in [1.165, 1.54) is 0 Å². The van der Waals surface area contributed by atoms with Crippen LogP contribution in [0.2, 0.25) is 0 Å². The maximum Gasteiger partial charge on any atom is 0.122 e. The van der Waals surface area contributed by atoms with Crippen LogP contribution in [0.1, 0.15) is 5.56 Å². The van der Waals surface area contributed by atoms with Crippen molar-refractivity contribution in [3.63, 3.8) is 0 Å². The molecule has 0 bridgehead atoms. The molecule has 0 atom stereocenters. The van der Waals surface area contributed by atoms with Gasteiger partial charge in [0.1, 0.15) is 12.4 Å². The molecule has 90 valence electrons. The summed E-state index contributed by atoms with van der Waals surface area (Å²) in [6.45, 7) is 2.29. The predicted molar refractivity (Wildman–Crippen MR) is 66.2 cm³/mol. The zero-order valence-electron chi connectivity index (χ0n) is 9.32. The van der Waals surface area contributed by atoms with E-state index >= 15 is 0 Å². The van der Waals surface area contributed by atoms with Crippen molar-refractivity contribution in [3.8, 4) is 5.75 Å². The predicted octanol–water partition coefficient (Wildman–Crippen LogP) is 1.82. The quantitative estimate of drug-likeness (QED) is 0.560. The number of hydrogen-bond acceptors (Lipinski definition) is 3. The van der Waals surface area contributed by atoms with Crippen molar-refractivity contribution in [3.05, 3.63) is 29.8 Å². The van der Waals surface area contributed by atoms with Crippen LogP contribution in [-0.2, 0) is 11.2 Å². The van der Waals surface area contributed by atoms with Gasteiger partial charge in [0.2, 0.25) is 0 Å². The molecule has 0 amide bonds. The van der Waals surface area contributed by atoms with Gasteiger partial charge in [0.05, 0.1) is 13.2 Å². The van der Waals surface area contributed by atoms with Gasteiger partial charge in [0.15, 0.2) is 0 Å². The number of halogens is 1. The molecule has 1 aromatic carbocycles. The van der Waals surface area contributed by atoms with Gasteiger partial charge < -0.3 is 15.2 Å². The SMILES string of the molecule is NCCc1ccccc1OCCOCCCl. The normalized spacial score (nSPS) is 10.4. The summed E-state index contributed by atoms with van der Waals surface area (Å²) in [4.78, 5) is 0. The van der Waals surface area contributed by atoms with Crippen LogP contribution in [0.25, 0.3) is 0 Å². The van der Waals surface area contributed by atoms with E-state index in [0.29, 0.717) is 32.2 Å². The smallest absolute Gasteiger partial charge is 0.122 e. The molecule has 0 aliphatic carbocycles. The van der Waals surface area contributed by atoms with Gasteiger partial charge in [0.25, 0.3) is 0 Å². The summed E-state index contributed by atoms with van der Waals surface area (Å²) in [6, 6.07) is 7.92. The van der Waals surface area contributed by atoms with E-state index in [2.05, 4.69) is 0 Å². The molecule has 0 aliphatic rings. The van der Waals surface area contributed by atoms with Gasteiger partial charge in [-0.15, -0.1) is 11.6 Å².